The number of benzene rings is 1. The van der Waals surface area contributed by atoms with Gasteiger partial charge in [-0.05, 0) is 99.8 Å². The molecule has 1 aliphatic carbocycles. The zero-order chi connectivity index (χ0) is 24.5. The van der Waals surface area contributed by atoms with Gasteiger partial charge in [0.2, 0.25) is 17.8 Å². The quantitative estimate of drug-likeness (QED) is 0.548. The summed E-state index contributed by atoms with van der Waals surface area (Å²) in [5.74, 6) is 1.49. The number of allylic oxidation sites excluding steroid dienone is 2. The predicted octanol–water partition coefficient (Wildman–Crippen LogP) is 4.05. The van der Waals surface area contributed by atoms with E-state index >= 15 is 0 Å². The number of fused-ring (bicyclic) bond motifs is 1. The van der Waals surface area contributed by atoms with Crippen LogP contribution in [0.1, 0.15) is 50.6 Å². The summed E-state index contributed by atoms with van der Waals surface area (Å²) in [5, 5.41) is 4.53. The van der Waals surface area contributed by atoms with E-state index in [2.05, 4.69) is 62.1 Å². The Balaban J connectivity index is 1.31. The van der Waals surface area contributed by atoms with Gasteiger partial charge in [0.1, 0.15) is 23.4 Å². The molecule has 1 spiro atoms. The second-order valence-electron chi connectivity index (χ2n) is 10.9. The number of hydrogen-bond donors (Lipinski definition) is 2. The van der Waals surface area contributed by atoms with E-state index in [1.807, 2.05) is 0 Å². The Kier molecular flexibility index (Phi) is 6.44. The highest BCUT2D eigenvalue weighted by Gasteiger charge is 2.36. The number of hydrogen-bond acceptors (Lipinski definition) is 5. The number of aromatic nitrogens is 3. The number of nitrogen functional groups attached to an aromatic ring is 1. The van der Waals surface area contributed by atoms with Gasteiger partial charge in [-0.15, -0.1) is 0 Å². The highest BCUT2D eigenvalue weighted by Crippen LogP contribution is 2.47. The number of nitrogens with zero attached hydrogens (tertiary/aromatic N) is 3. The van der Waals surface area contributed by atoms with Gasteiger partial charge in [-0.25, -0.2) is 4.98 Å². The third-order valence-electron chi connectivity index (χ3n) is 8.75. The van der Waals surface area contributed by atoms with E-state index in [-0.39, 0.29) is 0 Å². The molecule has 0 atom stereocenters. The molecule has 6 rings (SSSR count). The number of likely N-dealkylation sites (tertiary alicyclic amines) is 1. The van der Waals surface area contributed by atoms with Crippen molar-refractivity contribution in [2.24, 2.45) is 12.5 Å². The third kappa shape index (κ3) is 4.39. The number of aromatic amines is 1. The lowest BCUT2D eigenvalue weighted by Gasteiger charge is -2.40. The summed E-state index contributed by atoms with van der Waals surface area (Å²) in [7, 11) is 2.14. The van der Waals surface area contributed by atoms with Gasteiger partial charge in [-0.2, -0.15) is 0 Å². The van der Waals surface area contributed by atoms with Crippen molar-refractivity contribution in [1.82, 2.24) is 19.8 Å². The lowest BCUT2D eigenvalue weighted by Crippen LogP contribution is -2.37. The fourth-order valence-electron chi connectivity index (χ4n) is 6.57. The van der Waals surface area contributed by atoms with Crippen LogP contribution in [0.2, 0.25) is 0 Å². The van der Waals surface area contributed by atoms with E-state index in [1.54, 1.807) is 6.33 Å². The second kappa shape index (κ2) is 9.87. The molecule has 190 valence electrons. The normalized spacial score (nSPS) is 20.2. The van der Waals surface area contributed by atoms with Crippen LogP contribution in [0.3, 0.4) is 0 Å². The first kappa shape index (κ1) is 23.5. The van der Waals surface area contributed by atoms with Crippen molar-refractivity contribution < 1.29 is 9.72 Å². The molecule has 4 N–H and O–H groups in total. The van der Waals surface area contributed by atoms with Gasteiger partial charge in [-0.3, -0.25) is 9.47 Å². The predicted molar refractivity (Wildman–Crippen MR) is 145 cm³/mol. The molecule has 3 aromatic rings. The topological polar surface area (TPSA) is 82.5 Å². The van der Waals surface area contributed by atoms with Crippen molar-refractivity contribution in [1.29, 1.82) is 0 Å². The number of piperidine rings is 1. The van der Waals surface area contributed by atoms with Crippen LogP contribution in [0.4, 0.5) is 5.82 Å². The Hall–Kier alpha value is -2.90. The van der Waals surface area contributed by atoms with Crippen LogP contribution in [0, 0.1) is 5.41 Å². The first-order chi connectivity index (χ1) is 17.6. The molecule has 0 amide bonds. The maximum Gasteiger partial charge on any atom is 0.239 e. The molecule has 7 nitrogen and oxygen atoms in total. The molecule has 36 heavy (non-hydrogen) atoms. The van der Waals surface area contributed by atoms with Crippen molar-refractivity contribution in [3.05, 3.63) is 42.4 Å². The van der Waals surface area contributed by atoms with E-state index in [0.717, 1.165) is 61.4 Å². The van der Waals surface area contributed by atoms with Gasteiger partial charge in [0, 0.05) is 12.1 Å². The van der Waals surface area contributed by atoms with Crippen LogP contribution >= 0.6 is 0 Å². The van der Waals surface area contributed by atoms with Crippen molar-refractivity contribution in [2.75, 3.05) is 45.1 Å². The average Bonchev–Trinajstić information content (AvgIpc) is 3.53. The molecule has 2 fully saturated rings. The Morgan fingerprint density at radius 3 is 2.61 bits per heavy atom. The summed E-state index contributed by atoms with van der Waals surface area (Å²) in [6, 6.07) is 8.54. The van der Waals surface area contributed by atoms with Crippen molar-refractivity contribution in [3.63, 3.8) is 0 Å². The zero-order valence-electron chi connectivity index (χ0n) is 21.5. The van der Waals surface area contributed by atoms with Gasteiger partial charge in [0.15, 0.2) is 0 Å². The molecule has 0 saturated carbocycles. The Bertz CT molecular complexity index is 1250. The summed E-state index contributed by atoms with van der Waals surface area (Å²) in [6.45, 7) is 6.42. The number of anilines is 1. The molecule has 2 aromatic heterocycles. The third-order valence-corrected chi connectivity index (χ3v) is 8.75. The van der Waals surface area contributed by atoms with Crippen LogP contribution < -0.4 is 20.8 Å². The number of nitrogens with one attached hydrogen (secondary N) is 2. The highest BCUT2D eigenvalue weighted by atomic mass is 16.5. The maximum absolute atomic E-state index is 6.47. The van der Waals surface area contributed by atoms with Gasteiger partial charge in [0.25, 0.3) is 0 Å². The minimum atomic E-state index is 0.472. The van der Waals surface area contributed by atoms with E-state index in [9.17, 15) is 0 Å². The van der Waals surface area contributed by atoms with E-state index in [1.165, 1.54) is 62.0 Å². The maximum atomic E-state index is 6.47. The van der Waals surface area contributed by atoms with E-state index in [0.29, 0.717) is 11.2 Å². The van der Waals surface area contributed by atoms with Crippen LogP contribution in [0.15, 0.2) is 36.7 Å². The van der Waals surface area contributed by atoms with Crippen LogP contribution in [0.25, 0.3) is 27.7 Å². The molecule has 2 aliphatic heterocycles. The molecule has 2 saturated heterocycles. The summed E-state index contributed by atoms with van der Waals surface area (Å²) in [6.07, 6.45) is 12.9. The first-order valence-electron chi connectivity index (χ1n) is 13.6. The van der Waals surface area contributed by atoms with Crippen LogP contribution in [0.5, 0.6) is 5.75 Å². The Morgan fingerprint density at radius 1 is 1.11 bits per heavy atom. The van der Waals surface area contributed by atoms with Crippen molar-refractivity contribution in [3.8, 4) is 16.9 Å². The number of ether oxygens (including phenoxy) is 1. The Morgan fingerprint density at radius 2 is 1.89 bits per heavy atom. The number of rotatable bonds is 6. The largest absolute Gasteiger partial charge is 0.492 e. The minimum Gasteiger partial charge on any atom is -0.492 e. The molecule has 3 aliphatic rings. The average molecular weight is 488 g/mol. The zero-order valence-corrected chi connectivity index (χ0v) is 21.5. The van der Waals surface area contributed by atoms with Gasteiger partial charge in [-0.1, -0.05) is 23.2 Å². The fourth-order valence-corrected chi connectivity index (χ4v) is 6.57. The number of aryl methyl sites for hydroxylation is 1. The summed E-state index contributed by atoms with van der Waals surface area (Å²) < 4.78 is 8.35. The molecule has 1 aromatic carbocycles. The fraction of sp³-hybridized carbons (Fsp3) is 0.517. The molecular weight excluding hydrogens is 448 g/mol. The van der Waals surface area contributed by atoms with Gasteiger partial charge >= 0.3 is 0 Å². The van der Waals surface area contributed by atoms with E-state index < -0.39 is 0 Å². The van der Waals surface area contributed by atoms with Crippen LogP contribution in [-0.4, -0.2) is 53.8 Å². The molecule has 7 heteroatoms. The second-order valence-corrected chi connectivity index (χ2v) is 10.9. The van der Waals surface area contributed by atoms with Gasteiger partial charge in [0.05, 0.1) is 7.05 Å². The summed E-state index contributed by atoms with van der Waals surface area (Å²) >= 11 is 0. The smallest absolute Gasteiger partial charge is 0.239 e. The van der Waals surface area contributed by atoms with E-state index in [4.69, 9.17) is 10.5 Å². The number of nitrogens with two attached hydrogens (primary N) is 1. The SMILES string of the molecule is Cn1c(C2=CCC3(CCNCC3)CC2)c(-c2ccc(OCCN3CCCC3)cc2)c2c(N)nc[nH+]c21. The summed E-state index contributed by atoms with van der Waals surface area (Å²) in [4.78, 5) is 10.3. The molecule has 0 bridgehead atoms. The lowest BCUT2D eigenvalue weighted by molar-refractivity contribution is -0.353. The molecular formula is C29H39N6O+. The van der Waals surface area contributed by atoms with Crippen molar-refractivity contribution in [2.45, 2.75) is 44.9 Å². The monoisotopic (exact) mass is 487 g/mol. The summed E-state index contributed by atoms with van der Waals surface area (Å²) in [5.41, 5.74) is 13.0. The van der Waals surface area contributed by atoms with Crippen molar-refractivity contribution >= 4 is 22.4 Å². The number of H-pyrrole nitrogens is 1. The Labute approximate surface area is 213 Å². The minimum absolute atomic E-state index is 0.472. The molecule has 4 heterocycles. The van der Waals surface area contributed by atoms with Crippen LogP contribution in [-0.2, 0) is 7.05 Å². The highest BCUT2D eigenvalue weighted by molar-refractivity contribution is 6.04. The standard InChI is InChI=1S/C29H38N6O/c1-34-26(22-8-10-29(11-9-22)12-14-31-15-13-29)24(25-27(30)32-20-33-28(25)34)21-4-6-23(7-5-21)36-19-18-35-16-2-3-17-35/h4-8,20,31H,2-3,9-19H2,1H3,(H2,30,32,33)/p+1. The lowest BCUT2D eigenvalue weighted by atomic mass is 9.68. The van der Waals surface area contributed by atoms with Gasteiger partial charge < -0.3 is 15.8 Å². The molecule has 0 unspecified atom stereocenters. The first-order valence-corrected chi connectivity index (χ1v) is 13.6. The molecule has 0 radical (unpaired) electrons.